The van der Waals surface area contributed by atoms with Crippen LogP contribution in [0, 0.1) is 6.92 Å². The Morgan fingerprint density at radius 3 is 3.10 bits per heavy atom. The van der Waals surface area contributed by atoms with Crippen LogP contribution in [0.25, 0.3) is 11.5 Å². The number of nitrogens with one attached hydrogen (secondary N) is 3. The highest BCUT2D eigenvalue weighted by molar-refractivity contribution is 5.93. The van der Waals surface area contributed by atoms with Crippen LogP contribution >= 0.6 is 0 Å². The molecule has 1 unspecified atom stereocenters. The van der Waals surface area contributed by atoms with E-state index in [0.29, 0.717) is 17.1 Å². The molecule has 0 radical (unpaired) electrons. The average molecular weight is 274 g/mol. The fourth-order valence-electron chi connectivity index (χ4n) is 2.38. The van der Waals surface area contributed by atoms with E-state index >= 15 is 0 Å². The number of aromatic nitrogens is 2. The van der Waals surface area contributed by atoms with E-state index in [9.17, 15) is 4.79 Å². The summed E-state index contributed by atoms with van der Waals surface area (Å²) in [4.78, 5) is 12.1. The molecule has 1 fully saturated rings. The van der Waals surface area contributed by atoms with Crippen LogP contribution in [-0.4, -0.2) is 35.2 Å². The van der Waals surface area contributed by atoms with Crippen molar-refractivity contribution in [3.05, 3.63) is 29.7 Å². The van der Waals surface area contributed by atoms with Crippen molar-refractivity contribution in [1.29, 1.82) is 0 Å². The molecule has 2 aromatic heterocycles. The molecule has 0 aromatic carbocycles. The number of carbonyl (C=O) groups is 1. The molecular weight excluding hydrogens is 256 g/mol. The molecule has 0 spiro atoms. The van der Waals surface area contributed by atoms with Gasteiger partial charge in [-0.05, 0) is 38.4 Å². The summed E-state index contributed by atoms with van der Waals surface area (Å²) in [5.74, 6) is 1.37. The summed E-state index contributed by atoms with van der Waals surface area (Å²) in [6.07, 6.45) is 2.09. The van der Waals surface area contributed by atoms with Crippen LogP contribution in [0.2, 0.25) is 0 Å². The van der Waals surface area contributed by atoms with Crippen molar-refractivity contribution in [2.45, 2.75) is 25.8 Å². The van der Waals surface area contributed by atoms with Crippen molar-refractivity contribution < 1.29 is 9.21 Å². The van der Waals surface area contributed by atoms with Gasteiger partial charge in [0.25, 0.3) is 5.91 Å². The number of furan rings is 1. The molecule has 3 N–H and O–H groups in total. The van der Waals surface area contributed by atoms with E-state index in [0.717, 1.165) is 31.7 Å². The maximum absolute atomic E-state index is 12.1. The number of amides is 1. The first-order chi connectivity index (χ1) is 9.72. The fourth-order valence-corrected chi connectivity index (χ4v) is 2.38. The molecular formula is C14H18N4O2. The van der Waals surface area contributed by atoms with Crippen LogP contribution < -0.4 is 10.6 Å². The second kappa shape index (κ2) is 5.50. The quantitative estimate of drug-likeness (QED) is 0.791. The maximum Gasteiger partial charge on any atom is 0.272 e. The Morgan fingerprint density at radius 1 is 1.50 bits per heavy atom. The summed E-state index contributed by atoms with van der Waals surface area (Å²) < 4.78 is 5.50. The molecule has 1 amide bonds. The Balaban J connectivity index is 1.68. The van der Waals surface area contributed by atoms with Crippen molar-refractivity contribution in [1.82, 2.24) is 20.8 Å². The molecule has 0 saturated carbocycles. The van der Waals surface area contributed by atoms with Gasteiger partial charge in [0.1, 0.15) is 11.5 Å². The van der Waals surface area contributed by atoms with Gasteiger partial charge in [-0.2, -0.15) is 5.10 Å². The van der Waals surface area contributed by atoms with Gasteiger partial charge >= 0.3 is 0 Å². The number of nitrogens with zero attached hydrogens (tertiary/aromatic N) is 1. The minimum Gasteiger partial charge on any atom is -0.460 e. The van der Waals surface area contributed by atoms with E-state index in [1.807, 2.05) is 19.1 Å². The van der Waals surface area contributed by atoms with E-state index in [4.69, 9.17) is 4.42 Å². The van der Waals surface area contributed by atoms with Gasteiger partial charge in [-0.1, -0.05) is 0 Å². The molecule has 0 bridgehead atoms. The van der Waals surface area contributed by atoms with E-state index in [1.165, 1.54) is 0 Å². The number of hydrogen-bond donors (Lipinski definition) is 3. The van der Waals surface area contributed by atoms with Crippen molar-refractivity contribution in [2.24, 2.45) is 0 Å². The van der Waals surface area contributed by atoms with E-state index in [1.54, 1.807) is 6.07 Å². The molecule has 1 aliphatic heterocycles. The topological polar surface area (TPSA) is 83.0 Å². The first-order valence-electron chi connectivity index (χ1n) is 6.86. The standard InChI is InChI=1S/C14H18N4O2/c1-9-4-5-13(20-9)11-7-12(18-17-11)14(19)16-10-3-2-6-15-8-10/h4-5,7,10,15H,2-3,6,8H2,1H3,(H,16,19)(H,17,18). The molecule has 6 heteroatoms. The number of aryl methyl sites for hydroxylation is 1. The lowest BCUT2D eigenvalue weighted by molar-refractivity contribution is 0.0925. The van der Waals surface area contributed by atoms with Gasteiger partial charge in [0, 0.05) is 18.7 Å². The molecule has 1 saturated heterocycles. The normalized spacial score (nSPS) is 18.9. The summed E-state index contributed by atoms with van der Waals surface area (Å²) in [6, 6.07) is 5.63. The van der Waals surface area contributed by atoms with Gasteiger partial charge < -0.3 is 15.1 Å². The molecule has 0 aliphatic carbocycles. The van der Waals surface area contributed by atoms with Crippen LogP contribution in [0.3, 0.4) is 0 Å². The maximum atomic E-state index is 12.1. The molecule has 2 aromatic rings. The number of piperidine rings is 1. The van der Waals surface area contributed by atoms with E-state index in [2.05, 4.69) is 20.8 Å². The third kappa shape index (κ3) is 2.75. The van der Waals surface area contributed by atoms with Crippen LogP contribution in [-0.2, 0) is 0 Å². The van der Waals surface area contributed by atoms with Gasteiger partial charge in [-0.3, -0.25) is 9.89 Å². The van der Waals surface area contributed by atoms with Gasteiger partial charge in [0.2, 0.25) is 0 Å². The SMILES string of the molecule is Cc1ccc(-c2cc(C(=O)NC3CCCNC3)n[nH]2)o1. The summed E-state index contributed by atoms with van der Waals surface area (Å²) in [5.41, 5.74) is 1.10. The Morgan fingerprint density at radius 2 is 2.40 bits per heavy atom. The smallest absolute Gasteiger partial charge is 0.272 e. The average Bonchev–Trinajstić information content (AvgIpc) is 3.08. The van der Waals surface area contributed by atoms with Crippen LogP contribution in [0.1, 0.15) is 29.1 Å². The minimum atomic E-state index is -0.149. The van der Waals surface area contributed by atoms with Crippen LogP contribution in [0.4, 0.5) is 0 Å². The van der Waals surface area contributed by atoms with Crippen LogP contribution in [0.15, 0.2) is 22.6 Å². The number of H-pyrrole nitrogens is 1. The first kappa shape index (κ1) is 12.9. The highest BCUT2D eigenvalue weighted by Crippen LogP contribution is 2.20. The zero-order chi connectivity index (χ0) is 13.9. The Kier molecular flexibility index (Phi) is 3.56. The summed E-state index contributed by atoms with van der Waals surface area (Å²) in [6.45, 7) is 3.72. The number of hydrogen-bond acceptors (Lipinski definition) is 4. The van der Waals surface area contributed by atoms with Crippen LogP contribution in [0.5, 0.6) is 0 Å². The Hall–Kier alpha value is -2.08. The second-order valence-electron chi connectivity index (χ2n) is 5.09. The van der Waals surface area contributed by atoms with Crippen molar-refractivity contribution >= 4 is 5.91 Å². The fraction of sp³-hybridized carbons (Fsp3) is 0.429. The van der Waals surface area contributed by atoms with Crippen molar-refractivity contribution in [2.75, 3.05) is 13.1 Å². The Labute approximate surface area is 116 Å². The molecule has 3 rings (SSSR count). The van der Waals surface area contributed by atoms with Gasteiger partial charge in [-0.15, -0.1) is 0 Å². The number of aromatic amines is 1. The van der Waals surface area contributed by atoms with Crippen molar-refractivity contribution in [3.8, 4) is 11.5 Å². The van der Waals surface area contributed by atoms with Gasteiger partial charge in [0.05, 0.1) is 0 Å². The number of carbonyl (C=O) groups excluding carboxylic acids is 1. The highest BCUT2D eigenvalue weighted by Gasteiger charge is 2.18. The third-order valence-corrected chi connectivity index (χ3v) is 3.45. The summed E-state index contributed by atoms with van der Waals surface area (Å²) in [5, 5.41) is 13.1. The second-order valence-corrected chi connectivity index (χ2v) is 5.09. The predicted molar refractivity (Wildman–Crippen MR) is 74.4 cm³/mol. The third-order valence-electron chi connectivity index (χ3n) is 3.45. The predicted octanol–water partition coefficient (Wildman–Crippen LogP) is 1.46. The molecule has 1 aliphatic rings. The lowest BCUT2D eigenvalue weighted by Crippen LogP contribution is -2.45. The Bertz CT molecular complexity index is 596. The summed E-state index contributed by atoms with van der Waals surface area (Å²) in [7, 11) is 0. The zero-order valence-electron chi connectivity index (χ0n) is 11.4. The van der Waals surface area contributed by atoms with Crippen molar-refractivity contribution in [3.63, 3.8) is 0 Å². The molecule has 6 nitrogen and oxygen atoms in total. The van der Waals surface area contributed by atoms with Gasteiger partial charge in [0.15, 0.2) is 11.5 Å². The molecule has 106 valence electrons. The first-order valence-corrected chi connectivity index (χ1v) is 6.86. The largest absolute Gasteiger partial charge is 0.460 e. The molecule has 20 heavy (non-hydrogen) atoms. The van der Waals surface area contributed by atoms with Gasteiger partial charge in [-0.25, -0.2) is 0 Å². The summed E-state index contributed by atoms with van der Waals surface area (Å²) >= 11 is 0. The number of rotatable bonds is 3. The zero-order valence-corrected chi connectivity index (χ0v) is 11.4. The lowest BCUT2D eigenvalue weighted by Gasteiger charge is -2.23. The highest BCUT2D eigenvalue weighted by atomic mass is 16.3. The van der Waals surface area contributed by atoms with E-state index < -0.39 is 0 Å². The monoisotopic (exact) mass is 274 g/mol. The van der Waals surface area contributed by atoms with E-state index in [-0.39, 0.29) is 11.9 Å². The lowest BCUT2D eigenvalue weighted by atomic mass is 10.1. The minimum absolute atomic E-state index is 0.149. The molecule has 3 heterocycles. The molecule has 1 atom stereocenters.